The molecule has 76 valence electrons. The van der Waals surface area contributed by atoms with Crippen molar-refractivity contribution in [2.75, 3.05) is 0 Å². The Labute approximate surface area is 97.3 Å². The molecular weight excluding hydrogens is 246 g/mol. The second kappa shape index (κ2) is 5.20. The molecule has 0 atom stereocenters. The van der Waals surface area contributed by atoms with E-state index in [1.807, 2.05) is 0 Å². The first kappa shape index (κ1) is 13.2. The predicted molar refractivity (Wildman–Crippen MR) is 61.9 cm³/mol. The molecule has 0 saturated carbocycles. The van der Waals surface area contributed by atoms with Crippen molar-refractivity contribution in [1.82, 2.24) is 9.97 Å². The van der Waals surface area contributed by atoms with Gasteiger partial charge in [0.05, 0.1) is 16.1 Å². The molecule has 0 unspecified atom stereocenters. The lowest BCUT2D eigenvalue weighted by atomic mass is 10.3. The summed E-state index contributed by atoms with van der Waals surface area (Å²) in [4.78, 5) is 17.5. The number of rotatable bonds is 0. The Hall–Kier alpha value is -0.770. The summed E-state index contributed by atoms with van der Waals surface area (Å²) < 4.78 is 0. The van der Waals surface area contributed by atoms with Crippen molar-refractivity contribution in [1.29, 1.82) is 0 Å². The van der Waals surface area contributed by atoms with Gasteiger partial charge in [-0.2, -0.15) is 0 Å². The third kappa shape index (κ3) is 2.38. The zero-order valence-corrected chi connectivity index (χ0v) is 9.25. The molecule has 0 spiro atoms. The fraction of sp³-hybridized carbons (Fsp3) is 0. The SMILES string of the molecule is Cl.Cl.O=c1ccc2nccc(Cl)c2[nH]1. The fourth-order valence-electron chi connectivity index (χ4n) is 1.02. The Morgan fingerprint density at radius 2 is 1.93 bits per heavy atom. The molecule has 0 saturated heterocycles. The first-order valence-corrected chi connectivity index (χ1v) is 3.79. The van der Waals surface area contributed by atoms with Gasteiger partial charge in [-0.1, -0.05) is 11.6 Å². The minimum Gasteiger partial charge on any atom is -0.319 e. The summed E-state index contributed by atoms with van der Waals surface area (Å²) in [6.07, 6.45) is 1.60. The molecule has 0 amide bonds. The topological polar surface area (TPSA) is 45.8 Å². The fourth-order valence-corrected chi connectivity index (χ4v) is 1.22. The van der Waals surface area contributed by atoms with Crippen molar-refractivity contribution < 1.29 is 0 Å². The van der Waals surface area contributed by atoms with Crippen LogP contribution in [0, 0.1) is 0 Å². The van der Waals surface area contributed by atoms with E-state index in [4.69, 9.17) is 11.6 Å². The van der Waals surface area contributed by atoms with Crippen molar-refractivity contribution in [2.45, 2.75) is 0 Å². The number of nitrogens with zero attached hydrogens (tertiary/aromatic N) is 1. The third-order valence-corrected chi connectivity index (χ3v) is 1.89. The van der Waals surface area contributed by atoms with E-state index in [2.05, 4.69) is 9.97 Å². The van der Waals surface area contributed by atoms with Crippen LogP contribution >= 0.6 is 36.4 Å². The van der Waals surface area contributed by atoms with E-state index in [9.17, 15) is 4.79 Å². The number of aromatic amines is 1. The molecule has 0 aliphatic rings. The third-order valence-electron chi connectivity index (χ3n) is 1.57. The van der Waals surface area contributed by atoms with E-state index >= 15 is 0 Å². The number of pyridine rings is 2. The highest BCUT2D eigenvalue weighted by Crippen LogP contribution is 2.16. The van der Waals surface area contributed by atoms with Gasteiger partial charge in [-0.3, -0.25) is 9.78 Å². The summed E-state index contributed by atoms with van der Waals surface area (Å²) in [7, 11) is 0. The van der Waals surface area contributed by atoms with Crippen molar-refractivity contribution in [2.24, 2.45) is 0 Å². The Bertz CT molecular complexity index is 483. The van der Waals surface area contributed by atoms with Crippen LogP contribution in [0.1, 0.15) is 0 Å². The lowest BCUT2D eigenvalue weighted by molar-refractivity contribution is 1.27. The van der Waals surface area contributed by atoms with Gasteiger partial charge in [0.1, 0.15) is 0 Å². The van der Waals surface area contributed by atoms with Crippen molar-refractivity contribution in [3.05, 3.63) is 39.8 Å². The molecule has 2 heterocycles. The Kier molecular flexibility index (Phi) is 4.91. The summed E-state index contributed by atoms with van der Waals surface area (Å²) >= 11 is 5.82. The molecule has 0 bridgehead atoms. The van der Waals surface area contributed by atoms with Gasteiger partial charge in [0.25, 0.3) is 0 Å². The first-order valence-electron chi connectivity index (χ1n) is 3.41. The maximum atomic E-state index is 10.9. The largest absolute Gasteiger partial charge is 0.319 e. The maximum absolute atomic E-state index is 10.9. The smallest absolute Gasteiger partial charge is 0.248 e. The molecule has 2 rings (SSSR count). The van der Waals surface area contributed by atoms with Crippen LogP contribution in [0.4, 0.5) is 0 Å². The van der Waals surface area contributed by atoms with Gasteiger partial charge in [-0.15, -0.1) is 24.8 Å². The van der Waals surface area contributed by atoms with Gasteiger partial charge in [0, 0.05) is 12.3 Å². The van der Waals surface area contributed by atoms with E-state index in [1.165, 1.54) is 6.07 Å². The van der Waals surface area contributed by atoms with Gasteiger partial charge in [-0.25, -0.2) is 0 Å². The summed E-state index contributed by atoms with van der Waals surface area (Å²) in [6.45, 7) is 0. The summed E-state index contributed by atoms with van der Waals surface area (Å²) in [5.74, 6) is 0. The molecular formula is C8H7Cl3N2O. The Morgan fingerprint density at radius 3 is 2.64 bits per heavy atom. The van der Waals surface area contributed by atoms with Crippen LogP contribution in [0.25, 0.3) is 11.0 Å². The summed E-state index contributed by atoms with van der Waals surface area (Å²) in [5, 5.41) is 0.512. The van der Waals surface area contributed by atoms with Crippen LogP contribution in [-0.4, -0.2) is 9.97 Å². The van der Waals surface area contributed by atoms with Crippen LogP contribution in [0.3, 0.4) is 0 Å². The van der Waals surface area contributed by atoms with Crippen LogP contribution in [-0.2, 0) is 0 Å². The summed E-state index contributed by atoms with van der Waals surface area (Å²) in [5.41, 5.74) is 1.12. The van der Waals surface area contributed by atoms with E-state index < -0.39 is 0 Å². The second-order valence-corrected chi connectivity index (χ2v) is 2.78. The standard InChI is InChI=1S/C8H5ClN2O.2ClH/c9-5-3-4-10-6-1-2-7(12)11-8(5)6;;/h1-4H,(H,11,12);2*1H. The minimum absolute atomic E-state index is 0. The molecule has 0 aromatic carbocycles. The van der Waals surface area contributed by atoms with E-state index in [0.29, 0.717) is 16.1 Å². The highest BCUT2D eigenvalue weighted by Gasteiger charge is 1.98. The van der Waals surface area contributed by atoms with Gasteiger partial charge in [0.2, 0.25) is 5.56 Å². The maximum Gasteiger partial charge on any atom is 0.248 e. The quantitative estimate of drug-likeness (QED) is 0.784. The zero-order chi connectivity index (χ0) is 8.55. The summed E-state index contributed by atoms with van der Waals surface area (Å²) in [6, 6.07) is 4.70. The minimum atomic E-state index is -0.169. The molecule has 0 aliphatic carbocycles. The number of hydrogen-bond acceptors (Lipinski definition) is 2. The van der Waals surface area contributed by atoms with Crippen molar-refractivity contribution in [3.63, 3.8) is 0 Å². The van der Waals surface area contributed by atoms with Gasteiger partial charge in [-0.05, 0) is 12.1 Å². The normalized spacial score (nSPS) is 8.93. The molecule has 6 heteroatoms. The molecule has 3 nitrogen and oxygen atoms in total. The van der Waals surface area contributed by atoms with Gasteiger partial charge in [0.15, 0.2) is 0 Å². The van der Waals surface area contributed by atoms with Crippen LogP contribution in [0.5, 0.6) is 0 Å². The van der Waals surface area contributed by atoms with Crippen molar-refractivity contribution >= 4 is 47.4 Å². The molecule has 0 aliphatic heterocycles. The first-order chi connectivity index (χ1) is 5.77. The van der Waals surface area contributed by atoms with Crippen LogP contribution in [0.15, 0.2) is 29.2 Å². The van der Waals surface area contributed by atoms with Crippen LogP contribution in [0.2, 0.25) is 5.02 Å². The molecule has 1 N–H and O–H groups in total. The predicted octanol–water partition coefficient (Wildman–Crippen LogP) is 2.42. The number of fused-ring (bicyclic) bond motifs is 1. The van der Waals surface area contributed by atoms with E-state index in [0.717, 1.165) is 0 Å². The Balaban J connectivity index is 0.000000845. The number of hydrogen-bond donors (Lipinski definition) is 1. The number of halogens is 3. The van der Waals surface area contributed by atoms with Crippen LogP contribution < -0.4 is 5.56 Å². The molecule has 2 aromatic rings. The highest BCUT2D eigenvalue weighted by atomic mass is 35.5. The number of nitrogens with one attached hydrogen (secondary N) is 1. The van der Waals surface area contributed by atoms with E-state index in [-0.39, 0.29) is 30.4 Å². The zero-order valence-electron chi connectivity index (χ0n) is 6.86. The van der Waals surface area contributed by atoms with Gasteiger partial charge >= 0.3 is 0 Å². The average molecular weight is 254 g/mol. The number of aromatic nitrogens is 2. The van der Waals surface area contributed by atoms with Crippen molar-refractivity contribution in [3.8, 4) is 0 Å². The molecule has 14 heavy (non-hydrogen) atoms. The lowest BCUT2D eigenvalue weighted by Gasteiger charge is -1.96. The average Bonchev–Trinajstić information content (AvgIpc) is 2.07. The van der Waals surface area contributed by atoms with Gasteiger partial charge < -0.3 is 4.98 Å². The highest BCUT2D eigenvalue weighted by molar-refractivity contribution is 6.34. The molecule has 0 radical (unpaired) electrons. The monoisotopic (exact) mass is 252 g/mol. The lowest BCUT2D eigenvalue weighted by Crippen LogP contribution is -2.02. The Morgan fingerprint density at radius 1 is 1.21 bits per heavy atom. The molecule has 2 aromatic heterocycles. The number of H-pyrrole nitrogens is 1. The molecule has 0 fully saturated rings. The van der Waals surface area contributed by atoms with E-state index in [1.54, 1.807) is 18.3 Å². The second-order valence-electron chi connectivity index (χ2n) is 2.38.